The van der Waals surface area contributed by atoms with Gasteiger partial charge in [0.15, 0.2) is 12.4 Å². The quantitative estimate of drug-likeness (QED) is 0.810. The van der Waals surface area contributed by atoms with E-state index in [1.54, 1.807) is 30.3 Å². The number of rotatable bonds is 6. The monoisotopic (exact) mass is 342 g/mol. The molecule has 0 fully saturated rings. The number of ether oxygens (including phenoxy) is 1. The fourth-order valence-electron chi connectivity index (χ4n) is 2.57. The molecule has 1 aliphatic rings. The molecule has 0 saturated heterocycles. The van der Waals surface area contributed by atoms with Crippen molar-refractivity contribution in [1.82, 2.24) is 5.32 Å². The van der Waals surface area contributed by atoms with Gasteiger partial charge in [-0.1, -0.05) is 0 Å². The van der Waals surface area contributed by atoms with Gasteiger partial charge in [-0.2, -0.15) is 0 Å². The molecule has 7 heteroatoms. The highest BCUT2D eigenvalue weighted by Gasteiger charge is 2.26. The van der Waals surface area contributed by atoms with Gasteiger partial charge in [-0.3, -0.25) is 14.4 Å². The largest absolute Gasteiger partial charge is 0.482 e. The summed E-state index contributed by atoms with van der Waals surface area (Å²) in [4.78, 5) is 37.2. The molecule has 0 atom stereocenters. The second kappa shape index (κ2) is 7.21. The number of nitrogens with zero attached hydrogens (tertiary/aromatic N) is 1. The summed E-state index contributed by atoms with van der Waals surface area (Å²) in [5.74, 6) is 0.650. The Morgan fingerprint density at radius 3 is 2.84 bits per heavy atom. The Morgan fingerprint density at radius 2 is 2.12 bits per heavy atom. The summed E-state index contributed by atoms with van der Waals surface area (Å²) in [5, 5.41) is 2.74. The van der Waals surface area contributed by atoms with E-state index in [1.165, 1.54) is 18.1 Å². The van der Waals surface area contributed by atoms with E-state index in [4.69, 9.17) is 9.15 Å². The molecule has 0 radical (unpaired) electrons. The number of Topliss-reactive ketones (excluding diaryl/α,β-unsaturated/α-hetero) is 1. The number of nitrogens with one attached hydrogen (secondary N) is 1. The first-order valence-electron chi connectivity index (χ1n) is 7.92. The van der Waals surface area contributed by atoms with Crippen molar-refractivity contribution >= 4 is 23.3 Å². The summed E-state index contributed by atoms with van der Waals surface area (Å²) in [6, 6.07) is 8.46. The van der Waals surface area contributed by atoms with Crippen LogP contribution in [0.3, 0.4) is 0 Å². The van der Waals surface area contributed by atoms with Crippen molar-refractivity contribution in [3.05, 3.63) is 47.9 Å². The first kappa shape index (κ1) is 16.8. The highest BCUT2D eigenvalue weighted by atomic mass is 16.5. The van der Waals surface area contributed by atoms with E-state index in [0.717, 1.165) is 0 Å². The number of ketones is 1. The van der Waals surface area contributed by atoms with Gasteiger partial charge in [0.2, 0.25) is 5.91 Å². The molecule has 0 spiro atoms. The van der Waals surface area contributed by atoms with Gasteiger partial charge in [0.05, 0.1) is 18.5 Å². The summed E-state index contributed by atoms with van der Waals surface area (Å²) >= 11 is 0. The predicted molar refractivity (Wildman–Crippen MR) is 89.5 cm³/mol. The zero-order valence-electron chi connectivity index (χ0n) is 13.8. The topological polar surface area (TPSA) is 88.9 Å². The van der Waals surface area contributed by atoms with Gasteiger partial charge < -0.3 is 19.4 Å². The third kappa shape index (κ3) is 3.88. The number of hydrogen-bond acceptors (Lipinski definition) is 5. The molecule has 7 nitrogen and oxygen atoms in total. The summed E-state index contributed by atoms with van der Waals surface area (Å²) in [6.45, 7) is 1.88. The molecule has 3 rings (SSSR count). The van der Waals surface area contributed by atoms with Crippen molar-refractivity contribution in [2.45, 2.75) is 19.9 Å². The minimum absolute atomic E-state index is 0.0829. The summed E-state index contributed by atoms with van der Waals surface area (Å²) in [5.41, 5.74) is 1.01. The minimum Gasteiger partial charge on any atom is -0.482 e. The SMILES string of the molecule is CC(=O)c1ccc2c(c1)N(CCC(=O)NCc1ccco1)C(=O)CO2. The Hall–Kier alpha value is -3.09. The third-order valence-electron chi connectivity index (χ3n) is 3.91. The van der Waals surface area contributed by atoms with E-state index in [0.29, 0.717) is 29.3 Å². The fraction of sp³-hybridized carbons (Fsp3) is 0.278. The Bertz CT molecular complexity index is 798. The van der Waals surface area contributed by atoms with Crippen LogP contribution in [0.25, 0.3) is 0 Å². The first-order chi connectivity index (χ1) is 12.0. The number of amides is 2. The van der Waals surface area contributed by atoms with Crippen LogP contribution in [0.15, 0.2) is 41.0 Å². The molecule has 0 saturated carbocycles. The van der Waals surface area contributed by atoms with E-state index in [-0.39, 0.29) is 37.2 Å². The van der Waals surface area contributed by atoms with Gasteiger partial charge in [0.1, 0.15) is 11.5 Å². The molecule has 0 aliphatic carbocycles. The molecule has 1 aromatic heterocycles. The maximum absolute atomic E-state index is 12.2. The van der Waals surface area contributed by atoms with E-state index >= 15 is 0 Å². The maximum Gasteiger partial charge on any atom is 0.265 e. The Kier molecular flexibility index (Phi) is 4.83. The molecule has 2 aromatic rings. The van der Waals surface area contributed by atoms with E-state index in [9.17, 15) is 14.4 Å². The number of benzene rings is 1. The molecule has 1 aromatic carbocycles. The van der Waals surface area contributed by atoms with Crippen molar-refractivity contribution < 1.29 is 23.5 Å². The van der Waals surface area contributed by atoms with E-state index in [2.05, 4.69) is 5.32 Å². The Labute approximate surface area is 144 Å². The average molecular weight is 342 g/mol. The number of furan rings is 1. The summed E-state index contributed by atoms with van der Waals surface area (Å²) < 4.78 is 10.5. The van der Waals surface area contributed by atoms with Crippen molar-refractivity contribution in [2.75, 3.05) is 18.1 Å². The number of fused-ring (bicyclic) bond motifs is 1. The van der Waals surface area contributed by atoms with E-state index < -0.39 is 0 Å². The van der Waals surface area contributed by atoms with Crippen LogP contribution < -0.4 is 15.0 Å². The van der Waals surface area contributed by atoms with Gasteiger partial charge in [-0.15, -0.1) is 0 Å². The highest BCUT2D eigenvalue weighted by Crippen LogP contribution is 2.33. The second-order valence-electron chi connectivity index (χ2n) is 5.68. The third-order valence-corrected chi connectivity index (χ3v) is 3.91. The zero-order chi connectivity index (χ0) is 17.8. The smallest absolute Gasteiger partial charge is 0.265 e. The zero-order valence-corrected chi connectivity index (χ0v) is 13.8. The van der Waals surface area contributed by atoms with Crippen LogP contribution in [-0.2, 0) is 16.1 Å². The van der Waals surface area contributed by atoms with Crippen LogP contribution in [0, 0.1) is 0 Å². The lowest BCUT2D eigenvalue weighted by molar-refractivity contribution is -0.122. The van der Waals surface area contributed by atoms with Crippen LogP contribution in [0.1, 0.15) is 29.5 Å². The number of carbonyl (C=O) groups is 3. The molecule has 130 valence electrons. The van der Waals surface area contributed by atoms with Crippen LogP contribution in [0.2, 0.25) is 0 Å². The molecular formula is C18H18N2O5. The Morgan fingerprint density at radius 1 is 1.28 bits per heavy atom. The lowest BCUT2D eigenvalue weighted by atomic mass is 10.1. The molecule has 2 amide bonds. The molecule has 1 aliphatic heterocycles. The van der Waals surface area contributed by atoms with Gasteiger partial charge in [-0.25, -0.2) is 0 Å². The highest BCUT2D eigenvalue weighted by molar-refractivity contribution is 6.01. The number of anilines is 1. The average Bonchev–Trinajstić information content (AvgIpc) is 3.12. The van der Waals surface area contributed by atoms with Gasteiger partial charge in [0, 0.05) is 18.5 Å². The van der Waals surface area contributed by atoms with Crippen molar-refractivity contribution in [1.29, 1.82) is 0 Å². The van der Waals surface area contributed by atoms with Gasteiger partial charge in [0.25, 0.3) is 5.91 Å². The molecule has 0 unspecified atom stereocenters. The normalized spacial score (nSPS) is 13.2. The first-order valence-corrected chi connectivity index (χ1v) is 7.92. The standard InChI is InChI=1S/C18H18N2O5/c1-12(21)13-4-5-16-15(9-13)20(18(23)11-25-16)7-6-17(22)19-10-14-3-2-8-24-14/h2-5,8-9H,6-7,10-11H2,1H3,(H,19,22). The molecule has 0 bridgehead atoms. The van der Waals surface area contributed by atoms with Crippen LogP contribution in [0.5, 0.6) is 5.75 Å². The van der Waals surface area contributed by atoms with Crippen LogP contribution in [-0.4, -0.2) is 30.7 Å². The second-order valence-corrected chi connectivity index (χ2v) is 5.68. The molecular weight excluding hydrogens is 324 g/mol. The number of carbonyl (C=O) groups excluding carboxylic acids is 3. The van der Waals surface area contributed by atoms with Gasteiger partial charge in [-0.05, 0) is 37.3 Å². The lowest BCUT2D eigenvalue weighted by Crippen LogP contribution is -2.41. The minimum atomic E-state index is -0.243. The van der Waals surface area contributed by atoms with Crippen molar-refractivity contribution in [3.63, 3.8) is 0 Å². The van der Waals surface area contributed by atoms with Crippen LogP contribution >= 0.6 is 0 Å². The van der Waals surface area contributed by atoms with E-state index in [1.807, 2.05) is 0 Å². The van der Waals surface area contributed by atoms with Gasteiger partial charge >= 0.3 is 0 Å². The summed E-state index contributed by atoms with van der Waals surface area (Å²) in [7, 11) is 0. The van der Waals surface area contributed by atoms with Crippen molar-refractivity contribution in [3.8, 4) is 5.75 Å². The maximum atomic E-state index is 12.2. The fourth-order valence-corrected chi connectivity index (χ4v) is 2.57. The van der Waals surface area contributed by atoms with Crippen molar-refractivity contribution in [2.24, 2.45) is 0 Å². The predicted octanol–water partition coefficient (Wildman–Crippen LogP) is 1.91. The molecule has 2 heterocycles. The lowest BCUT2D eigenvalue weighted by Gasteiger charge is -2.29. The summed E-state index contributed by atoms with van der Waals surface area (Å²) in [6.07, 6.45) is 1.67. The van der Waals surface area contributed by atoms with Crippen LogP contribution in [0.4, 0.5) is 5.69 Å². The number of hydrogen-bond donors (Lipinski definition) is 1. The Balaban J connectivity index is 1.65. The molecule has 1 N–H and O–H groups in total. The molecule has 25 heavy (non-hydrogen) atoms.